The van der Waals surface area contributed by atoms with E-state index in [1.165, 1.54) is 17.0 Å². The molecule has 1 aromatic heterocycles. The Morgan fingerprint density at radius 2 is 2.08 bits per heavy atom. The normalized spacial score (nSPS) is 17.6. The summed E-state index contributed by atoms with van der Waals surface area (Å²) in [6, 6.07) is 6.71. The van der Waals surface area contributed by atoms with Crippen molar-refractivity contribution >= 4 is 5.91 Å². The van der Waals surface area contributed by atoms with E-state index in [-0.39, 0.29) is 23.8 Å². The number of benzene rings is 1. The molecule has 2 aromatic rings. The van der Waals surface area contributed by atoms with Crippen LogP contribution in [0.4, 0.5) is 4.39 Å². The second kappa shape index (κ2) is 8.91. The number of imidazole rings is 1. The maximum absolute atomic E-state index is 13.3. The number of nitrogens with zero attached hydrogens (tertiary/aromatic N) is 2. The standard InChI is InChI=1S/C19H25FN4O2/c1-15(24-7-6-21-14-24)12-19(25)22-13-18(23-8-10-26-11-9-23)16-2-4-17(20)5-3-16/h2-7,14-15,18H,8-13H2,1H3,(H,22,25)/p+1/t15-,18+/m0/s1. The first kappa shape index (κ1) is 18.5. The Kier molecular flexibility index (Phi) is 6.35. The Labute approximate surface area is 153 Å². The van der Waals surface area contributed by atoms with E-state index < -0.39 is 0 Å². The van der Waals surface area contributed by atoms with Crippen molar-refractivity contribution in [2.45, 2.75) is 25.4 Å². The van der Waals surface area contributed by atoms with Crippen molar-refractivity contribution in [3.63, 3.8) is 0 Å². The van der Waals surface area contributed by atoms with Gasteiger partial charge in [0.1, 0.15) is 24.9 Å². The van der Waals surface area contributed by atoms with Crippen LogP contribution >= 0.6 is 0 Å². The zero-order chi connectivity index (χ0) is 18.4. The Morgan fingerprint density at radius 1 is 1.35 bits per heavy atom. The quantitative estimate of drug-likeness (QED) is 0.765. The number of quaternary nitrogens is 1. The van der Waals surface area contributed by atoms with Gasteiger partial charge in [-0.2, -0.15) is 0 Å². The first-order valence-electron chi connectivity index (χ1n) is 9.05. The van der Waals surface area contributed by atoms with Gasteiger partial charge >= 0.3 is 0 Å². The third-order valence-electron chi connectivity index (χ3n) is 4.92. The number of ether oxygens (including phenoxy) is 1. The van der Waals surface area contributed by atoms with Gasteiger partial charge in [0.15, 0.2) is 0 Å². The van der Waals surface area contributed by atoms with Gasteiger partial charge in [0.05, 0.1) is 26.1 Å². The lowest BCUT2D eigenvalue weighted by atomic mass is 10.0. The number of carbonyl (C=O) groups is 1. The summed E-state index contributed by atoms with van der Waals surface area (Å²) >= 11 is 0. The monoisotopic (exact) mass is 361 g/mol. The van der Waals surface area contributed by atoms with Gasteiger partial charge in [-0.3, -0.25) is 4.79 Å². The zero-order valence-electron chi connectivity index (χ0n) is 15.0. The van der Waals surface area contributed by atoms with E-state index >= 15 is 0 Å². The predicted molar refractivity (Wildman–Crippen MR) is 95.2 cm³/mol. The van der Waals surface area contributed by atoms with Crippen LogP contribution in [0.2, 0.25) is 0 Å². The highest BCUT2D eigenvalue weighted by Crippen LogP contribution is 2.12. The molecule has 2 heterocycles. The summed E-state index contributed by atoms with van der Waals surface area (Å²) in [5.74, 6) is -0.242. The minimum atomic E-state index is -0.248. The number of nitrogens with one attached hydrogen (secondary N) is 2. The van der Waals surface area contributed by atoms with Crippen molar-refractivity contribution in [1.29, 1.82) is 0 Å². The minimum Gasteiger partial charge on any atom is -0.370 e. The van der Waals surface area contributed by atoms with Gasteiger partial charge in [0, 0.05) is 30.4 Å². The molecule has 26 heavy (non-hydrogen) atoms. The molecule has 2 N–H and O–H groups in total. The summed E-state index contributed by atoms with van der Waals surface area (Å²) in [7, 11) is 0. The van der Waals surface area contributed by atoms with Crippen LogP contribution in [0.25, 0.3) is 0 Å². The Hall–Kier alpha value is -2.25. The van der Waals surface area contributed by atoms with Crippen LogP contribution in [-0.4, -0.2) is 48.3 Å². The lowest BCUT2D eigenvalue weighted by Crippen LogP contribution is -3.15. The fourth-order valence-corrected chi connectivity index (χ4v) is 3.37. The molecule has 0 spiro atoms. The molecule has 140 valence electrons. The number of carbonyl (C=O) groups excluding carboxylic acids is 1. The summed E-state index contributed by atoms with van der Waals surface area (Å²) < 4.78 is 20.6. The highest BCUT2D eigenvalue weighted by molar-refractivity contribution is 5.76. The van der Waals surface area contributed by atoms with E-state index in [9.17, 15) is 9.18 Å². The lowest BCUT2D eigenvalue weighted by molar-refractivity contribution is -0.937. The molecule has 1 aliphatic rings. The summed E-state index contributed by atoms with van der Waals surface area (Å²) in [6.07, 6.45) is 5.68. The molecular formula is C19H26FN4O2+. The average Bonchev–Trinajstić information content (AvgIpc) is 3.19. The van der Waals surface area contributed by atoms with Crippen molar-refractivity contribution < 1.29 is 18.8 Å². The number of hydrogen-bond donors (Lipinski definition) is 2. The second-order valence-electron chi connectivity index (χ2n) is 6.74. The lowest BCUT2D eigenvalue weighted by Gasteiger charge is -2.32. The molecule has 1 aromatic carbocycles. The van der Waals surface area contributed by atoms with E-state index in [1.807, 2.05) is 29.8 Å². The number of halogens is 1. The molecule has 7 heteroatoms. The summed E-state index contributed by atoms with van der Waals surface area (Å²) in [5, 5.41) is 3.06. The highest BCUT2D eigenvalue weighted by Gasteiger charge is 2.27. The van der Waals surface area contributed by atoms with Gasteiger partial charge < -0.3 is 19.5 Å². The van der Waals surface area contributed by atoms with Gasteiger partial charge in [-0.1, -0.05) is 12.1 Å². The second-order valence-corrected chi connectivity index (χ2v) is 6.74. The van der Waals surface area contributed by atoms with Crippen LogP contribution in [0.1, 0.15) is 31.0 Å². The minimum absolute atomic E-state index is 0.00553. The van der Waals surface area contributed by atoms with Crippen LogP contribution in [0.5, 0.6) is 0 Å². The Morgan fingerprint density at radius 3 is 2.73 bits per heavy atom. The molecule has 1 fully saturated rings. The van der Waals surface area contributed by atoms with E-state index in [0.29, 0.717) is 26.2 Å². The van der Waals surface area contributed by atoms with Gasteiger partial charge in [-0.05, 0) is 19.1 Å². The average molecular weight is 361 g/mol. The van der Waals surface area contributed by atoms with Crippen molar-refractivity contribution in [3.05, 3.63) is 54.4 Å². The maximum Gasteiger partial charge on any atom is 0.222 e. The molecule has 2 atom stereocenters. The number of morpholine rings is 1. The van der Waals surface area contributed by atoms with Crippen LogP contribution < -0.4 is 10.2 Å². The van der Waals surface area contributed by atoms with Crippen LogP contribution in [0.3, 0.4) is 0 Å². The predicted octanol–water partition coefficient (Wildman–Crippen LogP) is 0.746. The SMILES string of the molecule is C[C@@H](CC(=O)NC[C@H](c1ccc(F)cc1)[NH+]1CCOCC1)n1ccnc1. The molecule has 0 aliphatic carbocycles. The number of rotatable bonds is 7. The molecule has 0 bridgehead atoms. The van der Waals surface area contributed by atoms with E-state index in [4.69, 9.17) is 4.74 Å². The van der Waals surface area contributed by atoms with Crippen molar-refractivity contribution in [1.82, 2.24) is 14.9 Å². The number of amides is 1. The van der Waals surface area contributed by atoms with Gasteiger partial charge in [-0.25, -0.2) is 9.37 Å². The zero-order valence-corrected chi connectivity index (χ0v) is 15.0. The number of hydrogen-bond acceptors (Lipinski definition) is 3. The van der Waals surface area contributed by atoms with Crippen molar-refractivity contribution in [2.75, 3.05) is 32.8 Å². The third kappa shape index (κ3) is 4.89. The Bertz CT molecular complexity index is 684. The third-order valence-corrected chi connectivity index (χ3v) is 4.92. The van der Waals surface area contributed by atoms with Crippen molar-refractivity contribution in [3.8, 4) is 0 Å². The summed E-state index contributed by atoms with van der Waals surface area (Å²) in [4.78, 5) is 17.8. The first-order chi connectivity index (χ1) is 12.6. The summed E-state index contributed by atoms with van der Waals surface area (Å²) in [6.45, 7) is 5.69. The molecule has 0 saturated carbocycles. The fraction of sp³-hybridized carbons (Fsp3) is 0.474. The van der Waals surface area contributed by atoms with Crippen LogP contribution in [-0.2, 0) is 9.53 Å². The molecule has 3 rings (SSSR count). The smallest absolute Gasteiger partial charge is 0.222 e. The largest absolute Gasteiger partial charge is 0.370 e. The molecule has 1 amide bonds. The molecule has 0 unspecified atom stereocenters. The first-order valence-corrected chi connectivity index (χ1v) is 9.05. The molecule has 1 saturated heterocycles. The molecule has 1 aliphatic heterocycles. The van der Waals surface area contributed by atoms with E-state index in [0.717, 1.165) is 18.7 Å². The highest BCUT2D eigenvalue weighted by atomic mass is 19.1. The number of aromatic nitrogens is 2. The van der Waals surface area contributed by atoms with Gasteiger partial charge in [-0.15, -0.1) is 0 Å². The van der Waals surface area contributed by atoms with Gasteiger partial charge in [0.2, 0.25) is 5.91 Å². The van der Waals surface area contributed by atoms with E-state index in [2.05, 4.69) is 10.3 Å². The van der Waals surface area contributed by atoms with Gasteiger partial charge in [0.25, 0.3) is 0 Å². The fourth-order valence-electron chi connectivity index (χ4n) is 3.37. The summed E-state index contributed by atoms with van der Waals surface area (Å²) in [5.41, 5.74) is 1.03. The maximum atomic E-state index is 13.3. The van der Waals surface area contributed by atoms with Crippen LogP contribution in [0.15, 0.2) is 43.0 Å². The molecule has 6 nitrogen and oxygen atoms in total. The van der Waals surface area contributed by atoms with E-state index in [1.54, 1.807) is 12.5 Å². The van der Waals surface area contributed by atoms with Crippen molar-refractivity contribution in [2.24, 2.45) is 0 Å². The molecular weight excluding hydrogens is 335 g/mol. The molecule has 0 radical (unpaired) electrons. The Balaban J connectivity index is 1.61. The van der Waals surface area contributed by atoms with Crippen LogP contribution in [0, 0.1) is 5.82 Å². The topological polar surface area (TPSA) is 60.6 Å².